The van der Waals surface area contributed by atoms with Crippen LogP contribution in [0.3, 0.4) is 0 Å². The zero-order valence-electron chi connectivity index (χ0n) is 12.4. The van der Waals surface area contributed by atoms with Crippen molar-refractivity contribution in [1.29, 1.82) is 5.26 Å². The Morgan fingerprint density at radius 1 is 1.59 bits per heavy atom. The predicted molar refractivity (Wildman–Crippen MR) is 86.7 cm³/mol. The van der Waals surface area contributed by atoms with Gasteiger partial charge < -0.3 is 15.2 Å². The van der Waals surface area contributed by atoms with E-state index in [-0.39, 0.29) is 18.1 Å². The molecule has 5 nitrogen and oxygen atoms in total. The largest absolute Gasteiger partial charge is 0.463 e. The molecule has 0 bridgehead atoms. The average Bonchev–Trinajstić information content (AvgIpc) is 2.77. The summed E-state index contributed by atoms with van der Waals surface area (Å²) in [5.41, 5.74) is 6.38. The summed E-state index contributed by atoms with van der Waals surface area (Å²) in [5.74, 6) is -0.664. The predicted octanol–water partition coefficient (Wildman–Crippen LogP) is 3.46. The first-order valence-corrected chi connectivity index (χ1v) is 8.22. The van der Waals surface area contributed by atoms with E-state index >= 15 is 0 Å². The summed E-state index contributed by atoms with van der Waals surface area (Å²) in [7, 11) is 0. The molecule has 2 N–H and O–H groups in total. The zero-order chi connectivity index (χ0) is 16.4. The van der Waals surface area contributed by atoms with E-state index in [0.717, 1.165) is 14.2 Å². The number of nitrogens with two attached hydrogens (primary N) is 1. The second-order valence-corrected chi connectivity index (χ2v) is 6.81. The summed E-state index contributed by atoms with van der Waals surface area (Å²) >= 11 is 4.96. The fraction of sp³-hybridized carbons (Fsp3) is 0.333. The Kier molecular flexibility index (Phi) is 4.94. The summed E-state index contributed by atoms with van der Waals surface area (Å²) in [6.07, 6.45) is 0. The quantitative estimate of drug-likeness (QED) is 0.808. The van der Waals surface area contributed by atoms with Gasteiger partial charge in [0.2, 0.25) is 5.88 Å². The number of carbonyl (C=O) groups is 1. The fourth-order valence-corrected chi connectivity index (χ4v) is 3.94. The molecular weight excluding hydrogens is 368 g/mol. The van der Waals surface area contributed by atoms with Crippen LogP contribution in [-0.4, -0.2) is 12.6 Å². The van der Waals surface area contributed by atoms with Gasteiger partial charge >= 0.3 is 5.97 Å². The van der Waals surface area contributed by atoms with Crippen LogP contribution in [0.4, 0.5) is 0 Å². The number of hydrogen-bond donors (Lipinski definition) is 1. The van der Waals surface area contributed by atoms with Crippen LogP contribution in [0.15, 0.2) is 33.3 Å². The van der Waals surface area contributed by atoms with Crippen LogP contribution in [0.5, 0.6) is 0 Å². The van der Waals surface area contributed by atoms with Crippen LogP contribution in [0, 0.1) is 18.3 Å². The minimum atomic E-state index is -0.562. The molecule has 2 heterocycles. The van der Waals surface area contributed by atoms with E-state index in [4.69, 9.17) is 15.2 Å². The molecule has 0 amide bonds. The molecule has 116 valence electrons. The van der Waals surface area contributed by atoms with Crippen molar-refractivity contribution in [3.8, 4) is 6.07 Å². The van der Waals surface area contributed by atoms with Gasteiger partial charge in [-0.25, -0.2) is 4.79 Å². The number of halogens is 1. The van der Waals surface area contributed by atoms with Crippen molar-refractivity contribution in [1.82, 2.24) is 0 Å². The van der Waals surface area contributed by atoms with E-state index in [1.54, 1.807) is 13.8 Å². The minimum Gasteiger partial charge on any atom is -0.463 e. The molecule has 22 heavy (non-hydrogen) atoms. The molecule has 7 heteroatoms. The molecule has 1 atom stereocenters. The van der Waals surface area contributed by atoms with Crippen molar-refractivity contribution in [3.63, 3.8) is 0 Å². The standard InChI is InChI=1S/C15H15BrN2O3S/c1-4-20-15(19)12-7(2)21-14(18)9(6-17)13(12)11-5-10(16)8(3)22-11/h5,13H,4,18H2,1-3H3/t13-/m1/s1. The number of allylic oxidation sites excluding steroid dienone is 2. The van der Waals surface area contributed by atoms with Gasteiger partial charge in [0.25, 0.3) is 0 Å². The van der Waals surface area contributed by atoms with Crippen LogP contribution < -0.4 is 5.73 Å². The van der Waals surface area contributed by atoms with E-state index in [2.05, 4.69) is 22.0 Å². The van der Waals surface area contributed by atoms with E-state index in [0.29, 0.717) is 11.3 Å². The number of carbonyl (C=O) groups excluding carboxylic acids is 1. The maximum Gasteiger partial charge on any atom is 0.338 e. The van der Waals surface area contributed by atoms with Gasteiger partial charge in [-0.15, -0.1) is 11.3 Å². The Morgan fingerprint density at radius 3 is 2.77 bits per heavy atom. The number of esters is 1. The number of aryl methyl sites for hydroxylation is 1. The lowest BCUT2D eigenvalue weighted by atomic mass is 9.87. The Morgan fingerprint density at radius 2 is 2.27 bits per heavy atom. The number of thiophene rings is 1. The highest BCUT2D eigenvalue weighted by Gasteiger charge is 2.37. The molecule has 0 unspecified atom stereocenters. The Bertz CT molecular complexity index is 708. The Hall–Kier alpha value is -1.78. The van der Waals surface area contributed by atoms with Crippen LogP contribution >= 0.6 is 27.3 Å². The smallest absolute Gasteiger partial charge is 0.338 e. The van der Waals surface area contributed by atoms with E-state index < -0.39 is 11.9 Å². The second kappa shape index (κ2) is 6.55. The van der Waals surface area contributed by atoms with Crippen molar-refractivity contribution in [3.05, 3.63) is 43.1 Å². The molecule has 1 aromatic heterocycles. The Labute approximate surface area is 141 Å². The average molecular weight is 383 g/mol. The molecule has 1 aliphatic rings. The Balaban J connectivity index is 2.61. The summed E-state index contributed by atoms with van der Waals surface area (Å²) in [4.78, 5) is 14.2. The van der Waals surface area contributed by atoms with E-state index in [9.17, 15) is 10.1 Å². The van der Waals surface area contributed by atoms with Crippen molar-refractivity contribution in [2.45, 2.75) is 26.7 Å². The lowest BCUT2D eigenvalue weighted by Gasteiger charge is -2.25. The van der Waals surface area contributed by atoms with Gasteiger partial charge in [0, 0.05) is 14.2 Å². The number of rotatable bonds is 3. The molecular formula is C15H15BrN2O3S. The van der Waals surface area contributed by atoms with Crippen molar-refractivity contribution in [2.24, 2.45) is 5.73 Å². The highest BCUT2D eigenvalue weighted by atomic mass is 79.9. The highest BCUT2D eigenvalue weighted by Crippen LogP contribution is 2.43. The van der Waals surface area contributed by atoms with Gasteiger partial charge in [0.1, 0.15) is 17.4 Å². The fourth-order valence-electron chi connectivity index (χ4n) is 2.26. The molecule has 0 saturated carbocycles. The van der Waals surface area contributed by atoms with Gasteiger partial charge in [-0.1, -0.05) is 0 Å². The lowest BCUT2D eigenvalue weighted by Crippen LogP contribution is -2.25. The molecule has 1 aliphatic heterocycles. The van der Waals surface area contributed by atoms with Gasteiger partial charge in [-0.05, 0) is 42.8 Å². The first-order valence-electron chi connectivity index (χ1n) is 6.62. The molecule has 2 rings (SSSR count). The molecule has 0 radical (unpaired) electrons. The van der Waals surface area contributed by atoms with Crippen LogP contribution in [0.25, 0.3) is 0 Å². The van der Waals surface area contributed by atoms with Gasteiger partial charge in [0.05, 0.1) is 18.1 Å². The van der Waals surface area contributed by atoms with Gasteiger partial charge in [-0.3, -0.25) is 0 Å². The van der Waals surface area contributed by atoms with E-state index in [1.807, 2.05) is 13.0 Å². The lowest BCUT2D eigenvalue weighted by molar-refractivity contribution is -0.139. The normalized spacial score (nSPS) is 18.0. The maximum atomic E-state index is 12.3. The molecule has 0 aliphatic carbocycles. The molecule has 1 aromatic rings. The third-order valence-corrected chi connectivity index (χ3v) is 5.46. The van der Waals surface area contributed by atoms with Gasteiger partial charge in [-0.2, -0.15) is 5.26 Å². The molecule has 0 saturated heterocycles. The first kappa shape index (κ1) is 16.6. The topological polar surface area (TPSA) is 85.3 Å². The highest BCUT2D eigenvalue weighted by molar-refractivity contribution is 9.10. The first-order chi connectivity index (χ1) is 10.4. The third-order valence-electron chi connectivity index (χ3n) is 3.26. The third kappa shape index (κ3) is 2.89. The van der Waals surface area contributed by atoms with Crippen molar-refractivity contribution >= 4 is 33.2 Å². The maximum absolute atomic E-state index is 12.3. The van der Waals surface area contributed by atoms with Crippen LogP contribution in [0.1, 0.15) is 29.5 Å². The zero-order valence-corrected chi connectivity index (χ0v) is 14.8. The van der Waals surface area contributed by atoms with Crippen LogP contribution in [0.2, 0.25) is 0 Å². The van der Waals surface area contributed by atoms with Crippen LogP contribution in [-0.2, 0) is 14.3 Å². The summed E-state index contributed by atoms with van der Waals surface area (Å²) in [6, 6.07) is 3.95. The summed E-state index contributed by atoms with van der Waals surface area (Å²) in [6.45, 7) is 5.58. The monoisotopic (exact) mass is 382 g/mol. The summed E-state index contributed by atoms with van der Waals surface area (Å²) < 4.78 is 11.4. The molecule has 0 aromatic carbocycles. The number of nitrogens with zero attached hydrogens (tertiary/aromatic N) is 1. The SMILES string of the molecule is CCOC(=O)C1=C(C)OC(N)=C(C#N)[C@@H]1c1cc(Br)c(C)s1. The molecule has 0 fully saturated rings. The second-order valence-electron chi connectivity index (χ2n) is 4.67. The minimum absolute atomic E-state index is 0.0280. The molecule has 0 spiro atoms. The van der Waals surface area contributed by atoms with Crippen molar-refractivity contribution in [2.75, 3.05) is 6.61 Å². The number of ether oxygens (including phenoxy) is 2. The van der Waals surface area contributed by atoms with Gasteiger partial charge in [0.15, 0.2) is 0 Å². The van der Waals surface area contributed by atoms with Crippen molar-refractivity contribution < 1.29 is 14.3 Å². The number of hydrogen-bond acceptors (Lipinski definition) is 6. The number of nitriles is 1. The van der Waals surface area contributed by atoms with E-state index in [1.165, 1.54) is 11.3 Å². The summed E-state index contributed by atoms with van der Waals surface area (Å²) in [5, 5.41) is 9.44.